The molecule has 1 aromatic heterocycles. The zero-order chi connectivity index (χ0) is 18.0. The number of nitrogens with zero attached hydrogens (tertiary/aromatic N) is 2. The lowest BCUT2D eigenvalue weighted by molar-refractivity contribution is 0.0697. The second kappa shape index (κ2) is 7.15. The first-order valence-electron chi connectivity index (χ1n) is 8.04. The predicted octanol–water partition coefficient (Wildman–Crippen LogP) is 4.47. The Bertz CT molecular complexity index is 918. The minimum atomic E-state index is -0.950. The Morgan fingerprint density at radius 1 is 1.28 bits per heavy atom. The Morgan fingerprint density at radius 2 is 2.08 bits per heavy atom. The number of carboxylic acid groups (broad SMARTS) is 1. The van der Waals surface area contributed by atoms with Crippen molar-refractivity contribution in [2.45, 2.75) is 20.4 Å². The summed E-state index contributed by atoms with van der Waals surface area (Å²) in [4.78, 5) is 11.1. The van der Waals surface area contributed by atoms with Gasteiger partial charge in [0.05, 0.1) is 30.4 Å². The summed E-state index contributed by atoms with van der Waals surface area (Å²) in [6.07, 6.45) is 1.67. The largest absolute Gasteiger partial charge is 0.493 e. The van der Waals surface area contributed by atoms with Crippen molar-refractivity contribution >= 4 is 28.5 Å². The number of carboxylic acids is 1. The van der Waals surface area contributed by atoms with E-state index in [2.05, 4.69) is 18.9 Å². The van der Waals surface area contributed by atoms with Crippen LogP contribution in [0.15, 0.2) is 42.6 Å². The van der Waals surface area contributed by atoms with Gasteiger partial charge in [0.25, 0.3) is 0 Å². The van der Waals surface area contributed by atoms with Gasteiger partial charge in [0.15, 0.2) is 0 Å². The first-order chi connectivity index (χ1) is 11.9. The summed E-state index contributed by atoms with van der Waals surface area (Å²) in [5, 5.41) is 14.9. The van der Waals surface area contributed by atoms with Gasteiger partial charge < -0.3 is 9.84 Å². The van der Waals surface area contributed by atoms with E-state index in [9.17, 15) is 4.79 Å². The van der Waals surface area contributed by atoms with Gasteiger partial charge in [-0.3, -0.25) is 4.68 Å². The van der Waals surface area contributed by atoms with Crippen LogP contribution < -0.4 is 4.74 Å². The summed E-state index contributed by atoms with van der Waals surface area (Å²) >= 11 is 6.14. The SMILES string of the molecule is CC(C)COc1ccc(Cl)cc1Cn1ncc2cc(C(=O)O)ccc21. The van der Waals surface area contributed by atoms with Crippen LogP contribution in [-0.2, 0) is 6.54 Å². The Kier molecular flexibility index (Phi) is 4.95. The summed E-state index contributed by atoms with van der Waals surface area (Å²) < 4.78 is 7.70. The molecule has 0 aliphatic heterocycles. The van der Waals surface area contributed by atoms with Crippen LogP contribution >= 0.6 is 11.6 Å². The molecular formula is C19H19ClN2O3. The van der Waals surface area contributed by atoms with Gasteiger partial charge in [0, 0.05) is 16.0 Å². The molecule has 0 aliphatic carbocycles. The van der Waals surface area contributed by atoms with E-state index < -0.39 is 5.97 Å². The highest BCUT2D eigenvalue weighted by atomic mass is 35.5. The molecule has 0 unspecified atom stereocenters. The molecule has 2 aromatic carbocycles. The number of aromatic nitrogens is 2. The molecule has 6 heteroatoms. The van der Waals surface area contributed by atoms with Gasteiger partial charge in [0.1, 0.15) is 5.75 Å². The zero-order valence-corrected chi connectivity index (χ0v) is 14.8. The zero-order valence-electron chi connectivity index (χ0n) is 14.1. The first kappa shape index (κ1) is 17.3. The molecule has 0 aliphatic rings. The van der Waals surface area contributed by atoms with Crippen molar-refractivity contribution in [3.05, 3.63) is 58.7 Å². The van der Waals surface area contributed by atoms with E-state index in [1.54, 1.807) is 30.5 Å². The maximum absolute atomic E-state index is 11.1. The van der Waals surface area contributed by atoms with E-state index in [0.717, 1.165) is 22.2 Å². The second-order valence-corrected chi connectivity index (χ2v) is 6.77. The molecule has 130 valence electrons. The van der Waals surface area contributed by atoms with Crippen molar-refractivity contribution in [3.8, 4) is 5.75 Å². The van der Waals surface area contributed by atoms with E-state index in [4.69, 9.17) is 21.4 Å². The van der Waals surface area contributed by atoms with Crippen molar-refractivity contribution in [3.63, 3.8) is 0 Å². The van der Waals surface area contributed by atoms with Gasteiger partial charge in [-0.15, -0.1) is 0 Å². The van der Waals surface area contributed by atoms with Crippen LogP contribution in [0.5, 0.6) is 5.75 Å². The van der Waals surface area contributed by atoms with Crippen LogP contribution in [0.2, 0.25) is 5.02 Å². The fourth-order valence-electron chi connectivity index (χ4n) is 2.58. The monoisotopic (exact) mass is 358 g/mol. The van der Waals surface area contributed by atoms with E-state index in [-0.39, 0.29) is 5.56 Å². The molecule has 3 aromatic rings. The van der Waals surface area contributed by atoms with Crippen LogP contribution in [-0.4, -0.2) is 27.5 Å². The number of benzene rings is 2. The van der Waals surface area contributed by atoms with Gasteiger partial charge in [-0.05, 0) is 42.3 Å². The maximum Gasteiger partial charge on any atom is 0.335 e. The number of hydrogen-bond donors (Lipinski definition) is 1. The molecule has 1 heterocycles. The minimum absolute atomic E-state index is 0.246. The van der Waals surface area contributed by atoms with Gasteiger partial charge in [-0.25, -0.2) is 4.79 Å². The average Bonchev–Trinajstić information content (AvgIpc) is 2.96. The molecule has 0 spiro atoms. The predicted molar refractivity (Wildman–Crippen MR) is 97.6 cm³/mol. The highest BCUT2D eigenvalue weighted by Gasteiger charge is 2.11. The molecule has 3 rings (SSSR count). The molecule has 25 heavy (non-hydrogen) atoms. The molecule has 0 fully saturated rings. The Hall–Kier alpha value is -2.53. The quantitative estimate of drug-likeness (QED) is 0.706. The molecular weight excluding hydrogens is 340 g/mol. The smallest absolute Gasteiger partial charge is 0.335 e. The third-order valence-electron chi connectivity index (χ3n) is 3.80. The molecule has 0 saturated carbocycles. The number of hydrogen-bond acceptors (Lipinski definition) is 3. The number of ether oxygens (including phenoxy) is 1. The highest BCUT2D eigenvalue weighted by Crippen LogP contribution is 2.26. The van der Waals surface area contributed by atoms with Crippen LogP contribution in [0.3, 0.4) is 0 Å². The van der Waals surface area contributed by atoms with Crippen LogP contribution in [0, 0.1) is 5.92 Å². The maximum atomic E-state index is 11.1. The van der Waals surface area contributed by atoms with E-state index in [1.165, 1.54) is 0 Å². The highest BCUT2D eigenvalue weighted by molar-refractivity contribution is 6.30. The van der Waals surface area contributed by atoms with Crippen molar-refractivity contribution < 1.29 is 14.6 Å². The lowest BCUT2D eigenvalue weighted by atomic mass is 10.1. The van der Waals surface area contributed by atoms with Crippen molar-refractivity contribution in [2.75, 3.05) is 6.61 Å². The Labute approximate surface area is 150 Å². The van der Waals surface area contributed by atoms with E-state index in [0.29, 0.717) is 24.1 Å². The van der Waals surface area contributed by atoms with Crippen LogP contribution in [0.4, 0.5) is 0 Å². The van der Waals surface area contributed by atoms with E-state index in [1.807, 2.05) is 16.8 Å². The second-order valence-electron chi connectivity index (χ2n) is 6.34. The third kappa shape index (κ3) is 3.94. The summed E-state index contributed by atoms with van der Waals surface area (Å²) in [6.45, 7) is 5.30. The molecule has 5 nitrogen and oxygen atoms in total. The lowest BCUT2D eigenvalue weighted by Crippen LogP contribution is -2.08. The first-order valence-corrected chi connectivity index (χ1v) is 8.42. The fourth-order valence-corrected chi connectivity index (χ4v) is 2.77. The van der Waals surface area contributed by atoms with Gasteiger partial charge in [-0.1, -0.05) is 25.4 Å². The van der Waals surface area contributed by atoms with Gasteiger partial charge in [-0.2, -0.15) is 5.10 Å². The number of rotatable bonds is 6. The standard InChI is InChI=1S/C19H19ClN2O3/c1-12(2)11-25-18-6-4-16(20)8-15(18)10-22-17-5-3-13(19(23)24)7-14(17)9-21-22/h3-9,12H,10-11H2,1-2H3,(H,23,24). The van der Waals surface area contributed by atoms with Gasteiger partial charge in [0.2, 0.25) is 0 Å². The van der Waals surface area contributed by atoms with Crippen molar-refractivity contribution in [2.24, 2.45) is 5.92 Å². The summed E-state index contributed by atoms with van der Waals surface area (Å²) in [7, 11) is 0. The Morgan fingerprint density at radius 3 is 2.80 bits per heavy atom. The van der Waals surface area contributed by atoms with Gasteiger partial charge >= 0.3 is 5.97 Å². The molecule has 1 N–H and O–H groups in total. The fraction of sp³-hybridized carbons (Fsp3) is 0.263. The lowest BCUT2D eigenvalue weighted by Gasteiger charge is -2.14. The number of halogens is 1. The number of fused-ring (bicyclic) bond motifs is 1. The molecule has 0 bridgehead atoms. The number of aromatic carboxylic acids is 1. The number of carbonyl (C=O) groups is 1. The minimum Gasteiger partial charge on any atom is -0.493 e. The third-order valence-corrected chi connectivity index (χ3v) is 4.04. The Balaban J connectivity index is 1.93. The van der Waals surface area contributed by atoms with Crippen LogP contribution in [0.25, 0.3) is 10.9 Å². The normalized spacial score (nSPS) is 11.2. The summed E-state index contributed by atoms with van der Waals surface area (Å²) in [5.74, 6) is 0.251. The van der Waals surface area contributed by atoms with E-state index >= 15 is 0 Å². The van der Waals surface area contributed by atoms with Crippen molar-refractivity contribution in [1.29, 1.82) is 0 Å². The molecule has 0 amide bonds. The van der Waals surface area contributed by atoms with Crippen LogP contribution in [0.1, 0.15) is 29.8 Å². The van der Waals surface area contributed by atoms with Crippen molar-refractivity contribution in [1.82, 2.24) is 9.78 Å². The summed E-state index contributed by atoms with van der Waals surface area (Å²) in [5.41, 5.74) is 2.04. The topological polar surface area (TPSA) is 64.4 Å². The molecule has 0 radical (unpaired) electrons. The molecule has 0 atom stereocenters. The molecule has 0 saturated heterocycles. The summed E-state index contributed by atoms with van der Waals surface area (Å²) in [6, 6.07) is 10.5. The average molecular weight is 359 g/mol.